The van der Waals surface area contributed by atoms with Crippen LogP contribution < -0.4 is 20.9 Å². The van der Waals surface area contributed by atoms with Crippen LogP contribution in [0.25, 0.3) is 0 Å². The van der Waals surface area contributed by atoms with Crippen LogP contribution in [0.4, 0.5) is 35.4 Å². The monoisotopic (exact) mass is 442 g/mol. The Hall–Kier alpha value is -3.34. The summed E-state index contributed by atoms with van der Waals surface area (Å²) in [4.78, 5) is 34.9. The third-order valence-electron chi connectivity index (χ3n) is 4.36. The Labute approximate surface area is 176 Å². The average molecular weight is 443 g/mol. The highest BCUT2D eigenvalue weighted by Crippen LogP contribution is 2.32. The Morgan fingerprint density at radius 2 is 2.13 bits per heavy atom. The number of halogens is 4. The minimum atomic E-state index is -4.54. The quantitative estimate of drug-likeness (QED) is 0.708. The summed E-state index contributed by atoms with van der Waals surface area (Å²) in [7, 11) is 1.31. The lowest BCUT2D eigenvalue weighted by molar-refractivity contribution is -0.137. The highest BCUT2D eigenvalue weighted by atomic mass is 35.5. The summed E-state index contributed by atoms with van der Waals surface area (Å²) in [5.41, 5.74) is 4.90. The maximum Gasteiger partial charge on any atom is 0.416 e. The zero-order valence-corrected chi connectivity index (χ0v) is 16.5. The van der Waals surface area contributed by atoms with Crippen molar-refractivity contribution < 1.29 is 22.8 Å². The molecule has 0 bridgehead atoms. The number of alkyl halides is 3. The van der Waals surface area contributed by atoms with Gasteiger partial charge in [-0.25, -0.2) is 9.78 Å². The maximum absolute atomic E-state index is 12.9. The van der Waals surface area contributed by atoms with E-state index in [9.17, 15) is 22.8 Å². The molecule has 160 valence electrons. The lowest BCUT2D eigenvalue weighted by Crippen LogP contribution is -2.31. The van der Waals surface area contributed by atoms with Gasteiger partial charge in [0.15, 0.2) is 0 Å². The van der Waals surface area contributed by atoms with Gasteiger partial charge >= 0.3 is 12.2 Å². The highest BCUT2D eigenvalue weighted by molar-refractivity contribution is 6.08. The van der Waals surface area contributed by atoms with Gasteiger partial charge in [0.1, 0.15) is 11.4 Å². The van der Waals surface area contributed by atoms with Crippen LogP contribution in [0, 0.1) is 0 Å². The first-order chi connectivity index (χ1) is 13.6. The Morgan fingerprint density at radius 1 is 1.43 bits per heavy atom. The van der Waals surface area contributed by atoms with E-state index in [0.717, 1.165) is 23.2 Å². The molecule has 3 rings (SSSR count). The van der Waals surface area contributed by atoms with Crippen molar-refractivity contribution in [2.24, 2.45) is 0 Å². The highest BCUT2D eigenvalue weighted by Gasteiger charge is 2.32. The fourth-order valence-electron chi connectivity index (χ4n) is 2.74. The van der Waals surface area contributed by atoms with E-state index in [1.807, 2.05) is 0 Å². The largest absolute Gasteiger partial charge is 0.416 e. The zero-order valence-electron chi connectivity index (χ0n) is 15.7. The van der Waals surface area contributed by atoms with Gasteiger partial charge in [-0.15, -0.1) is 19.0 Å². The number of nitrogen functional groups attached to an aromatic ring is 1. The number of hydrogen-bond donors (Lipinski definition) is 2. The third kappa shape index (κ3) is 4.46. The summed E-state index contributed by atoms with van der Waals surface area (Å²) in [5, 5.41) is 2.65. The number of nitrogens with two attached hydrogens (primary N) is 1. The molecule has 1 aliphatic heterocycles. The van der Waals surface area contributed by atoms with E-state index < -0.39 is 23.7 Å². The van der Waals surface area contributed by atoms with E-state index >= 15 is 0 Å². The predicted octanol–water partition coefficient (Wildman–Crippen LogP) is 2.86. The summed E-state index contributed by atoms with van der Waals surface area (Å²) >= 11 is 0. The lowest BCUT2D eigenvalue weighted by atomic mass is 10.1. The lowest BCUT2D eigenvalue weighted by Gasteiger charge is -2.20. The molecule has 0 saturated carbocycles. The smallest absolute Gasteiger partial charge is 0.383 e. The van der Waals surface area contributed by atoms with E-state index in [2.05, 4.69) is 21.9 Å². The Balaban J connectivity index is 0.00000320. The number of carbonyl (C=O) groups excluding carboxylic acids is 2. The Kier molecular flexibility index (Phi) is 6.56. The summed E-state index contributed by atoms with van der Waals surface area (Å²) < 4.78 is 38.7. The molecule has 1 aromatic carbocycles. The average Bonchev–Trinajstić information content (AvgIpc) is 3.07. The van der Waals surface area contributed by atoms with Crippen LogP contribution in [0.15, 0.2) is 43.1 Å². The molecule has 1 saturated heterocycles. The van der Waals surface area contributed by atoms with Crippen molar-refractivity contribution in [1.29, 1.82) is 0 Å². The normalized spacial score (nSPS) is 15.9. The minimum absolute atomic E-state index is 0. The van der Waals surface area contributed by atoms with Crippen LogP contribution in [0.2, 0.25) is 0 Å². The standard InChI is InChI=1S/C18H17F3N6O2.ClH/c1-3-11-9-27(17(29)24-11)16-23-8-13(14(22)25-16)15(28)26(2)12-6-4-5-10(7-12)18(19,20)21;/h3-8,11H,1,9H2,2H3,(H,24,29)(H2,22,23,25);1H. The van der Waals surface area contributed by atoms with Crippen LogP contribution in [-0.2, 0) is 6.18 Å². The fraction of sp³-hybridized carbons (Fsp3) is 0.222. The number of urea groups is 1. The van der Waals surface area contributed by atoms with Gasteiger partial charge in [-0.1, -0.05) is 12.1 Å². The van der Waals surface area contributed by atoms with Gasteiger partial charge in [0, 0.05) is 18.9 Å². The van der Waals surface area contributed by atoms with Crippen LogP contribution >= 0.6 is 12.4 Å². The Morgan fingerprint density at radius 3 is 2.70 bits per heavy atom. The fourth-order valence-corrected chi connectivity index (χ4v) is 2.74. The zero-order chi connectivity index (χ0) is 21.3. The number of aromatic nitrogens is 2. The number of carbonyl (C=O) groups is 2. The number of rotatable bonds is 4. The van der Waals surface area contributed by atoms with Crippen molar-refractivity contribution in [1.82, 2.24) is 15.3 Å². The second kappa shape index (κ2) is 8.57. The van der Waals surface area contributed by atoms with Crippen LogP contribution in [-0.4, -0.2) is 41.5 Å². The molecule has 0 aliphatic carbocycles. The number of nitrogens with one attached hydrogen (secondary N) is 1. The van der Waals surface area contributed by atoms with Gasteiger partial charge in [-0.2, -0.15) is 18.2 Å². The van der Waals surface area contributed by atoms with Gasteiger partial charge in [0.2, 0.25) is 5.95 Å². The molecule has 0 spiro atoms. The molecule has 0 radical (unpaired) electrons. The summed E-state index contributed by atoms with van der Waals surface area (Å²) in [6.07, 6.45) is -1.84. The first-order valence-corrected chi connectivity index (χ1v) is 8.40. The summed E-state index contributed by atoms with van der Waals surface area (Å²) in [5.74, 6) is -0.889. The van der Waals surface area contributed by atoms with Crippen LogP contribution in [0.5, 0.6) is 0 Å². The van der Waals surface area contributed by atoms with Crippen molar-refractivity contribution in [2.75, 3.05) is 29.1 Å². The second-order valence-corrected chi connectivity index (χ2v) is 6.28. The van der Waals surface area contributed by atoms with E-state index in [1.165, 1.54) is 24.1 Å². The van der Waals surface area contributed by atoms with E-state index in [4.69, 9.17) is 5.73 Å². The molecule has 30 heavy (non-hydrogen) atoms. The van der Waals surface area contributed by atoms with E-state index in [1.54, 1.807) is 6.08 Å². The molecule has 3 amide bonds. The minimum Gasteiger partial charge on any atom is -0.383 e. The van der Waals surface area contributed by atoms with Gasteiger partial charge in [-0.05, 0) is 18.2 Å². The van der Waals surface area contributed by atoms with Crippen LogP contribution in [0.3, 0.4) is 0 Å². The molecule has 12 heteroatoms. The van der Waals surface area contributed by atoms with Crippen molar-refractivity contribution in [3.8, 4) is 0 Å². The van der Waals surface area contributed by atoms with Crippen molar-refractivity contribution in [2.45, 2.75) is 12.2 Å². The first-order valence-electron chi connectivity index (χ1n) is 8.40. The molecular weight excluding hydrogens is 425 g/mol. The molecule has 2 heterocycles. The van der Waals surface area contributed by atoms with Gasteiger partial charge in [-0.3, -0.25) is 9.69 Å². The predicted molar refractivity (Wildman–Crippen MR) is 108 cm³/mol. The number of nitrogens with zero attached hydrogens (tertiary/aromatic N) is 4. The SMILES string of the molecule is C=CC1CN(c2ncc(C(=O)N(C)c3cccc(C(F)(F)F)c3)c(N)n2)C(=O)N1.Cl. The van der Waals surface area contributed by atoms with E-state index in [0.29, 0.717) is 0 Å². The molecule has 2 aromatic rings. The molecule has 8 nitrogen and oxygen atoms in total. The number of benzene rings is 1. The molecule has 1 fully saturated rings. The maximum atomic E-state index is 12.9. The second-order valence-electron chi connectivity index (χ2n) is 6.28. The van der Waals surface area contributed by atoms with Crippen LogP contribution in [0.1, 0.15) is 15.9 Å². The molecule has 1 atom stereocenters. The number of anilines is 3. The van der Waals surface area contributed by atoms with Crippen molar-refractivity contribution in [3.63, 3.8) is 0 Å². The van der Waals surface area contributed by atoms with Crippen molar-refractivity contribution in [3.05, 3.63) is 54.2 Å². The topological polar surface area (TPSA) is 104 Å². The third-order valence-corrected chi connectivity index (χ3v) is 4.36. The first kappa shape index (κ1) is 22.9. The number of amides is 3. The molecule has 1 aliphatic rings. The molecule has 1 unspecified atom stereocenters. The number of hydrogen-bond acceptors (Lipinski definition) is 5. The van der Waals surface area contributed by atoms with Gasteiger partial charge < -0.3 is 16.0 Å². The van der Waals surface area contributed by atoms with Gasteiger partial charge in [0.25, 0.3) is 5.91 Å². The van der Waals surface area contributed by atoms with Crippen molar-refractivity contribution >= 4 is 41.8 Å². The summed E-state index contributed by atoms with van der Waals surface area (Å²) in [6.45, 7) is 3.85. The molecular formula is C18H18ClF3N6O2. The molecule has 1 aromatic heterocycles. The Bertz CT molecular complexity index is 985. The van der Waals surface area contributed by atoms with Gasteiger partial charge in [0.05, 0.1) is 18.2 Å². The summed E-state index contributed by atoms with van der Waals surface area (Å²) in [6, 6.07) is 3.61. The molecule has 3 N–H and O–H groups in total. The van der Waals surface area contributed by atoms with E-state index in [-0.39, 0.29) is 48.0 Å².